The van der Waals surface area contributed by atoms with Crippen molar-refractivity contribution < 1.29 is 27.6 Å². The second-order valence-corrected chi connectivity index (χ2v) is 8.73. The van der Waals surface area contributed by atoms with Crippen molar-refractivity contribution in [3.05, 3.63) is 64.3 Å². The molecule has 0 bridgehead atoms. The van der Waals surface area contributed by atoms with E-state index in [1.54, 1.807) is 25.1 Å². The number of para-hydroxylation sites is 1. The van der Waals surface area contributed by atoms with E-state index < -0.39 is 30.4 Å². The molecule has 0 spiro atoms. The number of anilines is 5. The zero-order valence-corrected chi connectivity index (χ0v) is 20.6. The molecule has 2 heterocycles. The lowest BCUT2D eigenvalue weighted by Crippen LogP contribution is -2.45. The predicted molar refractivity (Wildman–Crippen MR) is 135 cm³/mol. The van der Waals surface area contributed by atoms with Crippen LogP contribution in [0, 0.1) is 6.92 Å². The van der Waals surface area contributed by atoms with Gasteiger partial charge in [-0.15, -0.1) is 0 Å². The number of rotatable bonds is 5. The summed E-state index contributed by atoms with van der Waals surface area (Å²) in [7, 11) is 0. The van der Waals surface area contributed by atoms with Crippen LogP contribution in [0.1, 0.15) is 27.9 Å². The maximum atomic E-state index is 13.2. The molecule has 38 heavy (non-hydrogen) atoms. The van der Waals surface area contributed by atoms with Crippen LogP contribution in [-0.4, -0.2) is 40.4 Å². The Kier molecular flexibility index (Phi) is 7.39. The number of alkyl halides is 3. The minimum atomic E-state index is -5.10. The third-order valence-electron chi connectivity index (χ3n) is 5.68. The Morgan fingerprint density at radius 2 is 1.95 bits per heavy atom. The fourth-order valence-electron chi connectivity index (χ4n) is 3.85. The van der Waals surface area contributed by atoms with Crippen LogP contribution in [0.25, 0.3) is 0 Å². The van der Waals surface area contributed by atoms with Crippen LogP contribution in [0.3, 0.4) is 0 Å². The lowest BCUT2D eigenvalue weighted by molar-refractivity contribution is -0.170. The number of hydrogen-bond donors (Lipinski definition) is 4. The molecule has 4 rings (SSSR count). The molecule has 5 N–H and O–H groups in total. The standard InChI is InChI=1S/C24H21ClF3N7O3/c1-12-3-2-4-15(20(29)37)19(12)33-21-16(25)11-31-23(34-21)32-14-5-6-17-13(9-14)10-30-18(36)7-8-35(17)22(38)24(26,27)28/h2-6,9,11H,7-8,10H2,1H3,(H2,29,37)(H,30,36)(H2,31,32,33,34). The number of nitrogens with zero attached hydrogens (tertiary/aromatic N) is 3. The fourth-order valence-corrected chi connectivity index (χ4v) is 3.99. The summed E-state index contributed by atoms with van der Waals surface area (Å²) >= 11 is 6.26. The van der Waals surface area contributed by atoms with Crippen LogP contribution in [0.15, 0.2) is 42.6 Å². The smallest absolute Gasteiger partial charge is 0.366 e. The van der Waals surface area contributed by atoms with Gasteiger partial charge in [0.15, 0.2) is 5.82 Å². The van der Waals surface area contributed by atoms with Gasteiger partial charge in [0.2, 0.25) is 11.9 Å². The summed E-state index contributed by atoms with van der Waals surface area (Å²) in [5.41, 5.74) is 7.51. The molecule has 14 heteroatoms. The highest BCUT2D eigenvalue weighted by Gasteiger charge is 2.43. The zero-order valence-electron chi connectivity index (χ0n) is 19.8. The summed E-state index contributed by atoms with van der Waals surface area (Å²) in [5, 5.41) is 8.69. The van der Waals surface area contributed by atoms with Gasteiger partial charge < -0.3 is 26.6 Å². The van der Waals surface area contributed by atoms with Crippen molar-refractivity contribution in [3.63, 3.8) is 0 Å². The molecule has 1 aliphatic heterocycles. The molecular formula is C24H21ClF3N7O3. The quantitative estimate of drug-likeness (QED) is 0.379. The molecule has 1 aliphatic rings. The van der Waals surface area contributed by atoms with E-state index in [9.17, 15) is 27.6 Å². The first-order valence-corrected chi connectivity index (χ1v) is 11.6. The van der Waals surface area contributed by atoms with E-state index in [0.29, 0.717) is 21.8 Å². The summed E-state index contributed by atoms with van der Waals surface area (Å²) in [4.78, 5) is 44.8. The van der Waals surface area contributed by atoms with Gasteiger partial charge in [-0.1, -0.05) is 23.7 Å². The molecule has 0 saturated carbocycles. The lowest BCUT2D eigenvalue weighted by atomic mass is 10.1. The van der Waals surface area contributed by atoms with Crippen LogP contribution in [0.5, 0.6) is 0 Å². The fraction of sp³-hybridized carbons (Fsp3) is 0.208. The number of nitrogens with two attached hydrogens (primary N) is 1. The van der Waals surface area contributed by atoms with E-state index in [2.05, 4.69) is 25.9 Å². The van der Waals surface area contributed by atoms with Gasteiger partial charge in [-0.2, -0.15) is 18.2 Å². The third-order valence-corrected chi connectivity index (χ3v) is 5.95. The predicted octanol–water partition coefficient (Wildman–Crippen LogP) is 3.94. The summed E-state index contributed by atoms with van der Waals surface area (Å²) in [6, 6.07) is 9.29. The van der Waals surface area contributed by atoms with Crippen molar-refractivity contribution >= 4 is 58.2 Å². The van der Waals surface area contributed by atoms with Crippen molar-refractivity contribution in [2.45, 2.75) is 26.1 Å². The van der Waals surface area contributed by atoms with Gasteiger partial charge in [-0.25, -0.2) is 4.98 Å². The van der Waals surface area contributed by atoms with E-state index in [0.717, 1.165) is 0 Å². The Hall–Kier alpha value is -4.39. The molecule has 10 nitrogen and oxygen atoms in total. The minimum absolute atomic E-state index is 0.0239. The van der Waals surface area contributed by atoms with Crippen LogP contribution in [-0.2, 0) is 16.1 Å². The first-order valence-electron chi connectivity index (χ1n) is 11.2. The Labute approximate surface area is 219 Å². The molecule has 0 atom stereocenters. The molecule has 0 fully saturated rings. The maximum absolute atomic E-state index is 13.2. The van der Waals surface area contributed by atoms with Gasteiger partial charge in [-0.05, 0) is 42.3 Å². The maximum Gasteiger partial charge on any atom is 0.471 e. The van der Waals surface area contributed by atoms with E-state index in [1.165, 1.54) is 24.4 Å². The Bertz CT molecular complexity index is 1430. The first-order chi connectivity index (χ1) is 17.9. The average molecular weight is 548 g/mol. The molecule has 198 valence electrons. The molecule has 3 aromatic rings. The Morgan fingerprint density at radius 1 is 1.18 bits per heavy atom. The van der Waals surface area contributed by atoms with E-state index in [-0.39, 0.29) is 46.6 Å². The largest absolute Gasteiger partial charge is 0.471 e. The SMILES string of the molecule is Cc1cccc(C(N)=O)c1Nc1nc(Nc2ccc3c(c2)CNC(=O)CCN3C(=O)C(F)(F)F)ncc1Cl. The van der Waals surface area contributed by atoms with E-state index >= 15 is 0 Å². The average Bonchev–Trinajstić information content (AvgIpc) is 2.84. The number of nitrogens with one attached hydrogen (secondary N) is 3. The second kappa shape index (κ2) is 10.5. The molecule has 0 unspecified atom stereocenters. The van der Waals surface area contributed by atoms with Crippen molar-refractivity contribution in [2.75, 3.05) is 22.1 Å². The summed E-state index contributed by atoms with van der Waals surface area (Å²) in [6.07, 6.45) is -4.05. The van der Waals surface area contributed by atoms with Crippen molar-refractivity contribution in [1.29, 1.82) is 0 Å². The van der Waals surface area contributed by atoms with E-state index in [4.69, 9.17) is 17.3 Å². The highest BCUT2D eigenvalue weighted by molar-refractivity contribution is 6.33. The number of amides is 3. The number of halogens is 4. The minimum Gasteiger partial charge on any atom is -0.366 e. The second-order valence-electron chi connectivity index (χ2n) is 8.33. The molecule has 0 aliphatic carbocycles. The van der Waals surface area contributed by atoms with E-state index in [1.807, 2.05) is 0 Å². The lowest BCUT2D eigenvalue weighted by Gasteiger charge is -2.28. The number of aryl methyl sites for hydroxylation is 1. The summed E-state index contributed by atoms with van der Waals surface area (Å²) in [5.74, 6) is -2.95. The normalized spacial score (nSPS) is 13.6. The van der Waals surface area contributed by atoms with Gasteiger partial charge in [0, 0.05) is 30.9 Å². The van der Waals surface area contributed by atoms with Crippen molar-refractivity contribution in [1.82, 2.24) is 15.3 Å². The number of fused-ring (bicyclic) bond motifs is 1. The van der Waals surface area contributed by atoms with Crippen molar-refractivity contribution in [2.24, 2.45) is 5.73 Å². The van der Waals surface area contributed by atoms with Crippen LogP contribution >= 0.6 is 11.6 Å². The van der Waals surface area contributed by atoms with Crippen LogP contribution < -0.4 is 26.6 Å². The third kappa shape index (κ3) is 5.78. The molecular weight excluding hydrogens is 527 g/mol. The van der Waals surface area contributed by atoms with Gasteiger partial charge >= 0.3 is 12.1 Å². The topological polar surface area (TPSA) is 142 Å². The highest BCUT2D eigenvalue weighted by atomic mass is 35.5. The molecule has 0 saturated heterocycles. The summed E-state index contributed by atoms with van der Waals surface area (Å²) in [6.45, 7) is 1.25. The summed E-state index contributed by atoms with van der Waals surface area (Å²) < 4.78 is 39.6. The number of hydrogen-bond acceptors (Lipinski definition) is 7. The molecule has 1 aromatic heterocycles. The number of primary amides is 1. The van der Waals surface area contributed by atoms with Gasteiger partial charge in [0.25, 0.3) is 5.91 Å². The number of benzene rings is 2. The van der Waals surface area contributed by atoms with Crippen molar-refractivity contribution in [3.8, 4) is 0 Å². The Balaban J connectivity index is 1.64. The van der Waals surface area contributed by atoms with Gasteiger partial charge in [0.05, 0.1) is 17.4 Å². The highest BCUT2D eigenvalue weighted by Crippen LogP contribution is 2.32. The zero-order chi connectivity index (χ0) is 27.6. The van der Waals surface area contributed by atoms with Gasteiger partial charge in [0.1, 0.15) is 5.02 Å². The number of carbonyl (C=O) groups excluding carboxylic acids is 3. The molecule has 0 radical (unpaired) electrons. The van der Waals surface area contributed by atoms with Crippen LogP contribution in [0.2, 0.25) is 5.02 Å². The Morgan fingerprint density at radius 3 is 2.66 bits per heavy atom. The van der Waals surface area contributed by atoms with Gasteiger partial charge in [-0.3, -0.25) is 14.4 Å². The number of aromatic nitrogens is 2. The number of carbonyl (C=O) groups is 3. The first kappa shape index (κ1) is 26.7. The van der Waals surface area contributed by atoms with Crippen LogP contribution in [0.4, 0.5) is 42.0 Å². The molecule has 3 amide bonds. The monoisotopic (exact) mass is 547 g/mol. The molecule has 2 aromatic carbocycles.